The van der Waals surface area contributed by atoms with Gasteiger partial charge >= 0.3 is 0 Å². The van der Waals surface area contributed by atoms with Crippen molar-refractivity contribution in [1.29, 1.82) is 0 Å². The molecule has 0 bridgehead atoms. The lowest BCUT2D eigenvalue weighted by Crippen LogP contribution is -2.33. The number of rotatable bonds is 7. The number of nitrogens with one attached hydrogen (secondary N) is 1. The number of amides is 1. The van der Waals surface area contributed by atoms with E-state index in [4.69, 9.17) is 4.52 Å². The van der Waals surface area contributed by atoms with E-state index in [-0.39, 0.29) is 5.91 Å². The highest BCUT2D eigenvalue weighted by Crippen LogP contribution is 2.19. The molecule has 134 valence electrons. The van der Waals surface area contributed by atoms with E-state index in [0.29, 0.717) is 37.0 Å². The smallest absolute Gasteiger partial charge is 0.231 e. The van der Waals surface area contributed by atoms with Crippen molar-refractivity contribution < 1.29 is 9.32 Å². The van der Waals surface area contributed by atoms with Gasteiger partial charge in [0.1, 0.15) is 0 Å². The first-order valence-electron chi connectivity index (χ1n) is 8.99. The Labute approximate surface area is 148 Å². The third kappa shape index (κ3) is 5.67. The topological polar surface area (TPSA) is 71.3 Å². The van der Waals surface area contributed by atoms with Gasteiger partial charge in [0.05, 0.1) is 13.0 Å². The van der Waals surface area contributed by atoms with Crippen LogP contribution in [-0.4, -0.2) is 41.1 Å². The molecule has 1 aromatic carbocycles. The molecule has 1 atom stereocenters. The molecule has 2 heterocycles. The molecule has 0 unspecified atom stereocenters. The van der Waals surface area contributed by atoms with Crippen LogP contribution in [0.4, 0.5) is 0 Å². The highest BCUT2D eigenvalue weighted by molar-refractivity contribution is 5.75. The molecule has 1 aliphatic rings. The second-order valence-corrected chi connectivity index (χ2v) is 6.85. The van der Waals surface area contributed by atoms with Crippen LogP contribution in [0.1, 0.15) is 43.0 Å². The summed E-state index contributed by atoms with van der Waals surface area (Å²) in [6.45, 7) is 2.59. The van der Waals surface area contributed by atoms with Gasteiger partial charge in [-0.15, -0.1) is 0 Å². The van der Waals surface area contributed by atoms with Gasteiger partial charge in [0.25, 0.3) is 0 Å². The Balaban J connectivity index is 1.39. The van der Waals surface area contributed by atoms with E-state index >= 15 is 0 Å². The fourth-order valence-electron chi connectivity index (χ4n) is 3.31. The molecular weight excluding hydrogens is 316 g/mol. The van der Waals surface area contributed by atoms with Gasteiger partial charge < -0.3 is 14.7 Å². The summed E-state index contributed by atoms with van der Waals surface area (Å²) in [5, 5.41) is 6.83. The number of hydrogen-bond donors (Lipinski definition) is 1. The van der Waals surface area contributed by atoms with Crippen LogP contribution in [0, 0.1) is 5.92 Å². The minimum absolute atomic E-state index is 0.0580. The third-order valence-corrected chi connectivity index (χ3v) is 4.65. The molecule has 6 heteroatoms. The van der Waals surface area contributed by atoms with Gasteiger partial charge in [0.15, 0.2) is 5.82 Å². The van der Waals surface area contributed by atoms with Crippen LogP contribution in [0.25, 0.3) is 0 Å². The minimum atomic E-state index is 0.0580. The Bertz CT molecular complexity index is 671. The molecule has 0 radical (unpaired) electrons. The van der Waals surface area contributed by atoms with Gasteiger partial charge in [-0.25, -0.2) is 0 Å². The van der Waals surface area contributed by atoms with Crippen molar-refractivity contribution in [2.24, 2.45) is 5.92 Å². The number of hydrogen-bond acceptors (Lipinski definition) is 5. The van der Waals surface area contributed by atoms with Crippen molar-refractivity contribution in [3.8, 4) is 0 Å². The maximum Gasteiger partial charge on any atom is 0.231 e. The molecule has 1 fully saturated rings. The highest BCUT2D eigenvalue weighted by Gasteiger charge is 2.18. The first-order chi connectivity index (χ1) is 12.2. The van der Waals surface area contributed by atoms with E-state index < -0.39 is 0 Å². The normalized spacial score (nSPS) is 18.2. The predicted molar refractivity (Wildman–Crippen MR) is 94.8 cm³/mol. The monoisotopic (exact) mass is 342 g/mol. The number of carbonyl (C=O) groups is 1. The zero-order valence-corrected chi connectivity index (χ0v) is 14.8. The summed E-state index contributed by atoms with van der Waals surface area (Å²) < 4.78 is 5.25. The standard InChI is InChI=1S/C19H26N4O2/c1-23-11-5-8-16(14-23)9-10-18(24)20-13-17-21-19(25-22-17)12-15-6-3-2-4-7-15/h2-4,6-7,16H,5,8-14H2,1H3,(H,20,24)/t16-/m0/s1. The van der Waals surface area contributed by atoms with E-state index in [9.17, 15) is 4.79 Å². The van der Waals surface area contributed by atoms with Crippen LogP contribution in [-0.2, 0) is 17.8 Å². The average Bonchev–Trinajstić information content (AvgIpc) is 3.06. The Hall–Kier alpha value is -2.21. The van der Waals surface area contributed by atoms with Crippen molar-refractivity contribution in [3.05, 3.63) is 47.6 Å². The second-order valence-electron chi connectivity index (χ2n) is 6.85. The summed E-state index contributed by atoms with van der Waals surface area (Å²) in [6.07, 6.45) is 4.58. The third-order valence-electron chi connectivity index (χ3n) is 4.65. The zero-order chi connectivity index (χ0) is 17.5. The largest absolute Gasteiger partial charge is 0.349 e. The van der Waals surface area contributed by atoms with Gasteiger partial charge in [0.2, 0.25) is 11.8 Å². The molecule has 0 spiro atoms. The van der Waals surface area contributed by atoms with Gasteiger partial charge in [-0.05, 0) is 44.3 Å². The summed E-state index contributed by atoms with van der Waals surface area (Å²) in [5.41, 5.74) is 1.12. The van der Waals surface area contributed by atoms with Crippen LogP contribution in [0.3, 0.4) is 0 Å². The van der Waals surface area contributed by atoms with E-state index in [1.54, 1.807) is 0 Å². The average molecular weight is 342 g/mol. The molecular formula is C19H26N4O2. The molecule has 3 rings (SSSR count). The lowest BCUT2D eigenvalue weighted by molar-refractivity contribution is -0.121. The number of piperidine rings is 1. The van der Waals surface area contributed by atoms with Gasteiger partial charge in [0, 0.05) is 13.0 Å². The number of benzene rings is 1. The van der Waals surface area contributed by atoms with Gasteiger partial charge in [-0.1, -0.05) is 35.5 Å². The fraction of sp³-hybridized carbons (Fsp3) is 0.526. The summed E-state index contributed by atoms with van der Waals surface area (Å²) in [4.78, 5) is 18.7. The van der Waals surface area contributed by atoms with Crippen LogP contribution < -0.4 is 5.32 Å². The number of likely N-dealkylation sites (tertiary alicyclic amines) is 1. The van der Waals surface area contributed by atoms with Crippen LogP contribution >= 0.6 is 0 Å². The van der Waals surface area contributed by atoms with Crippen molar-refractivity contribution in [2.75, 3.05) is 20.1 Å². The van der Waals surface area contributed by atoms with E-state index in [1.165, 1.54) is 19.4 Å². The summed E-state index contributed by atoms with van der Waals surface area (Å²) >= 11 is 0. The number of nitrogens with zero attached hydrogens (tertiary/aromatic N) is 3. The molecule has 2 aromatic rings. The highest BCUT2D eigenvalue weighted by atomic mass is 16.5. The van der Waals surface area contributed by atoms with Crippen molar-refractivity contribution in [3.63, 3.8) is 0 Å². The van der Waals surface area contributed by atoms with Crippen molar-refractivity contribution in [2.45, 2.75) is 38.6 Å². The molecule has 1 amide bonds. The summed E-state index contributed by atoms with van der Waals surface area (Å²) in [7, 11) is 2.15. The predicted octanol–water partition coefficient (Wildman–Crippen LogP) is 2.40. The first kappa shape index (κ1) is 17.6. The molecule has 1 N–H and O–H groups in total. The second kappa shape index (κ2) is 8.76. The quantitative estimate of drug-likeness (QED) is 0.836. The number of carbonyl (C=O) groups excluding carboxylic acids is 1. The Morgan fingerprint density at radius 3 is 3.00 bits per heavy atom. The molecule has 1 aromatic heterocycles. The van der Waals surface area contributed by atoms with Crippen LogP contribution in [0.2, 0.25) is 0 Å². The van der Waals surface area contributed by atoms with Crippen molar-refractivity contribution in [1.82, 2.24) is 20.4 Å². The lowest BCUT2D eigenvalue weighted by Gasteiger charge is -2.29. The maximum atomic E-state index is 12.0. The first-order valence-corrected chi connectivity index (χ1v) is 8.99. The Morgan fingerprint density at radius 1 is 1.36 bits per heavy atom. The molecule has 25 heavy (non-hydrogen) atoms. The molecule has 1 aliphatic heterocycles. The summed E-state index contributed by atoms with van der Waals surface area (Å²) in [5.74, 6) is 1.78. The van der Waals surface area contributed by atoms with E-state index in [1.807, 2.05) is 30.3 Å². The van der Waals surface area contributed by atoms with Gasteiger partial charge in [-0.3, -0.25) is 4.79 Å². The van der Waals surface area contributed by atoms with E-state index in [0.717, 1.165) is 18.5 Å². The fourth-order valence-corrected chi connectivity index (χ4v) is 3.31. The molecule has 0 aliphatic carbocycles. The maximum absolute atomic E-state index is 12.0. The van der Waals surface area contributed by atoms with E-state index in [2.05, 4.69) is 27.4 Å². The summed E-state index contributed by atoms with van der Waals surface area (Å²) in [6, 6.07) is 9.99. The Morgan fingerprint density at radius 2 is 2.20 bits per heavy atom. The van der Waals surface area contributed by atoms with Crippen LogP contribution in [0.15, 0.2) is 34.9 Å². The molecule has 1 saturated heterocycles. The minimum Gasteiger partial charge on any atom is -0.349 e. The zero-order valence-electron chi connectivity index (χ0n) is 14.8. The lowest BCUT2D eigenvalue weighted by atomic mass is 9.93. The molecule has 0 saturated carbocycles. The number of aromatic nitrogens is 2. The Kier molecular flexibility index (Phi) is 6.17. The SMILES string of the molecule is CN1CCC[C@@H](CCC(=O)NCc2noc(Cc3ccccc3)n2)C1. The van der Waals surface area contributed by atoms with Crippen molar-refractivity contribution >= 4 is 5.91 Å². The van der Waals surface area contributed by atoms with Gasteiger partial charge in [-0.2, -0.15) is 4.98 Å². The van der Waals surface area contributed by atoms with Crippen LogP contribution in [0.5, 0.6) is 0 Å². The molecule has 6 nitrogen and oxygen atoms in total.